The first-order valence-corrected chi connectivity index (χ1v) is 7.62. The zero-order valence-electron chi connectivity index (χ0n) is 11.0. The van der Waals surface area contributed by atoms with E-state index in [-0.39, 0.29) is 22.2 Å². The van der Waals surface area contributed by atoms with E-state index in [1.54, 1.807) is 6.08 Å². The first-order chi connectivity index (χ1) is 10.1. The van der Waals surface area contributed by atoms with E-state index in [1.165, 1.54) is 6.07 Å². The Morgan fingerprint density at radius 1 is 1.57 bits per heavy atom. The van der Waals surface area contributed by atoms with Crippen LogP contribution in [0.15, 0.2) is 29.6 Å². The number of nitrogens with zero attached hydrogens (tertiary/aromatic N) is 2. The minimum Gasteiger partial charge on any atom is -0.488 e. The van der Waals surface area contributed by atoms with Gasteiger partial charge in [-0.3, -0.25) is 4.79 Å². The Labute approximate surface area is 129 Å². The molecule has 7 heteroatoms. The lowest BCUT2D eigenvalue weighted by atomic mass is 10.3. The molecule has 0 radical (unpaired) electrons. The lowest BCUT2D eigenvalue weighted by Gasteiger charge is -2.09. The molecule has 1 fully saturated rings. The van der Waals surface area contributed by atoms with Crippen LogP contribution in [-0.4, -0.2) is 16.4 Å². The van der Waals surface area contributed by atoms with Gasteiger partial charge < -0.3 is 4.74 Å². The van der Waals surface area contributed by atoms with Crippen molar-refractivity contribution in [2.24, 2.45) is 0 Å². The molecule has 1 heterocycles. The van der Waals surface area contributed by atoms with E-state index in [2.05, 4.69) is 11.7 Å². The standard InChI is InChI=1S/C14H12ClFN2O2S/c1-2-5-20-12-7-11(10(16)6-9(12)15)18-14(19)21-13(17-18)8-3-4-8/h2,6-8H,1,3-5H2. The smallest absolute Gasteiger partial charge is 0.329 e. The maximum atomic E-state index is 14.1. The fraction of sp³-hybridized carbons (Fsp3) is 0.286. The van der Waals surface area contributed by atoms with Gasteiger partial charge in [-0.1, -0.05) is 35.6 Å². The number of hydrogen-bond acceptors (Lipinski definition) is 4. The highest BCUT2D eigenvalue weighted by molar-refractivity contribution is 7.09. The van der Waals surface area contributed by atoms with Crippen molar-refractivity contribution in [2.75, 3.05) is 6.61 Å². The van der Waals surface area contributed by atoms with Crippen molar-refractivity contribution in [3.8, 4) is 11.4 Å². The molecule has 0 aliphatic heterocycles. The molecule has 1 aliphatic rings. The summed E-state index contributed by atoms with van der Waals surface area (Å²) in [6.07, 6.45) is 3.62. The van der Waals surface area contributed by atoms with Crippen molar-refractivity contribution in [3.63, 3.8) is 0 Å². The van der Waals surface area contributed by atoms with Crippen LogP contribution < -0.4 is 9.61 Å². The van der Waals surface area contributed by atoms with Crippen LogP contribution in [-0.2, 0) is 0 Å². The summed E-state index contributed by atoms with van der Waals surface area (Å²) < 4.78 is 20.5. The summed E-state index contributed by atoms with van der Waals surface area (Å²) in [5.41, 5.74) is 0.0478. The van der Waals surface area contributed by atoms with Gasteiger partial charge in [0.2, 0.25) is 0 Å². The van der Waals surface area contributed by atoms with Gasteiger partial charge in [-0.25, -0.2) is 4.39 Å². The van der Waals surface area contributed by atoms with Gasteiger partial charge in [0.25, 0.3) is 0 Å². The fourth-order valence-corrected chi connectivity index (χ4v) is 3.01. The molecule has 3 rings (SSSR count). The second kappa shape index (κ2) is 5.61. The molecule has 0 atom stereocenters. The summed E-state index contributed by atoms with van der Waals surface area (Å²) in [6.45, 7) is 3.78. The van der Waals surface area contributed by atoms with Crippen LogP contribution >= 0.6 is 22.9 Å². The molecular weight excluding hydrogens is 315 g/mol. The van der Waals surface area contributed by atoms with Gasteiger partial charge >= 0.3 is 4.87 Å². The summed E-state index contributed by atoms with van der Waals surface area (Å²) >= 11 is 6.98. The van der Waals surface area contributed by atoms with Gasteiger partial charge in [-0.05, 0) is 18.9 Å². The Morgan fingerprint density at radius 2 is 2.33 bits per heavy atom. The Hall–Kier alpha value is -1.66. The molecule has 4 nitrogen and oxygen atoms in total. The minimum atomic E-state index is -0.610. The lowest BCUT2D eigenvalue weighted by Crippen LogP contribution is -2.14. The Morgan fingerprint density at radius 3 is 3.00 bits per heavy atom. The van der Waals surface area contributed by atoms with Crippen molar-refractivity contribution >= 4 is 22.9 Å². The van der Waals surface area contributed by atoms with Gasteiger partial charge in [0, 0.05) is 12.0 Å². The number of rotatable bonds is 5. The van der Waals surface area contributed by atoms with E-state index in [9.17, 15) is 9.18 Å². The molecule has 0 saturated heterocycles. The molecule has 1 aromatic carbocycles. The minimum absolute atomic E-state index is 0.0478. The van der Waals surface area contributed by atoms with Gasteiger partial charge in [0.1, 0.15) is 23.1 Å². The molecule has 0 unspecified atom stereocenters. The second-order valence-corrected chi connectivity index (χ2v) is 6.10. The van der Waals surface area contributed by atoms with Crippen LogP contribution in [0, 0.1) is 5.82 Å². The number of ether oxygens (including phenoxy) is 1. The first kappa shape index (κ1) is 14.3. The maximum absolute atomic E-state index is 14.1. The van der Waals surface area contributed by atoms with E-state index < -0.39 is 5.82 Å². The van der Waals surface area contributed by atoms with Crippen LogP contribution in [0.1, 0.15) is 23.8 Å². The van der Waals surface area contributed by atoms with Crippen molar-refractivity contribution in [1.29, 1.82) is 0 Å². The summed E-state index contributed by atoms with van der Waals surface area (Å²) in [5.74, 6) is 0.0253. The average Bonchev–Trinajstić information content (AvgIpc) is 3.22. The van der Waals surface area contributed by atoms with Crippen molar-refractivity contribution in [2.45, 2.75) is 18.8 Å². The molecule has 0 N–H and O–H groups in total. The highest BCUT2D eigenvalue weighted by Gasteiger charge is 2.28. The molecule has 0 spiro atoms. The van der Waals surface area contributed by atoms with E-state index in [0.717, 1.165) is 39.9 Å². The zero-order chi connectivity index (χ0) is 15.0. The van der Waals surface area contributed by atoms with E-state index in [1.807, 2.05) is 0 Å². The Bertz CT molecular complexity index is 752. The molecular formula is C14H12ClFN2O2S. The monoisotopic (exact) mass is 326 g/mol. The predicted octanol–water partition coefficient (Wildman–Crippen LogP) is 3.53. The third-order valence-corrected chi connectivity index (χ3v) is 4.34. The van der Waals surface area contributed by atoms with Crippen molar-refractivity contribution in [3.05, 3.63) is 50.3 Å². The number of aromatic nitrogens is 2. The quantitative estimate of drug-likeness (QED) is 0.789. The van der Waals surface area contributed by atoms with Crippen LogP contribution in [0.2, 0.25) is 5.02 Å². The summed E-state index contributed by atoms with van der Waals surface area (Å²) in [4.78, 5) is 11.7. The summed E-state index contributed by atoms with van der Waals surface area (Å²) in [7, 11) is 0. The predicted molar refractivity (Wildman–Crippen MR) is 80.3 cm³/mol. The maximum Gasteiger partial charge on any atom is 0.329 e. The Kier molecular flexibility index (Phi) is 3.82. The fourth-order valence-electron chi connectivity index (χ4n) is 1.88. The number of benzene rings is 1. The van der Waals surface area contributed by atoms with Gasteiger partial charge in [0.15, 0.2) is 5.82 Å². The van der Waals surface area contributed by atoms with Crippen molar-refractivity contribution in [1.82, 2.24) is 9.78 Å². The third kappa shape index (κ3) is 2.87. The molecule has 110 valence electrons. The van der Waals surface area contributed by atoms with E-state index in [0.29, 0.717) is 11.7 Å². The summed E-state index contributed by atoms with van der Waals surface area (Å²) in [5, 5.41) is 5.11. The molecule has 0 bridgehead atoms. The Balaban J connectivity index is 2.04. The van der Waals surface area contributed by atoms with Crippen LogP contribution in [0.25, 0.3) is 5.69 Å². The highest BCUT2D eigenvalue weighted by atomic mass is 35.5. The van der Waals surface area contributed by atoms with Crippen LogP contribution in [0.5, 0.6) is 5.75 Å². The SMILES string of the molecule is C=CCOc1cc(-n2nc(C3CC3)sc2=O)c(F)cc1Cl. The molecule has 1 aliphatic carbocycles. The zero-order valence-corrected chi connectivity index (χ0v) is 12.6. The average molecular weight is 327 g/mol. The molecule has 2 aromatic rings. The number of hydrogen-bond donors (Lipinski definition) is 0. The van der Waals surface area contributed by atoms with E-state index in [4.69, 9.17) is 16.3 Å². The lowest BCUT2D eigenvalue weighted by molar-refractivity contribution is 0.362. The largest absolute Gasteiger partial charge is 0.488 e. The third-order valence-electron chi connectivity index (χ3n) is 3.08. The summed E-state index contributed by atoms with van der Waals surface area (Å²) in [6, 6.07) is 2.51. The number of halogens is 2. The van der Waals surface area contributed by atoms with Gasteiger partial charge in [-0.15, -0.1) is 0 Å². The van der Waals surface area contributed by atoms with E-state index >= 15 is 0 Å². The highest BCUT2D eigenvalue weighted by Crippen LogP contribution is 2.40. The molecule has 0 amide bonds. The topological polar surface area (TPSA) is 44.1 Å². The van der Waals surface area contributed by atoms with Crippen LogP contribution in [0.3, 0.4) is 0 Å². The first-order valence-electron chi connectivity index (χ1n) is 6.43. The van der Waals surface area contributed by atoms with Gasteiger partial charge in [0.05, 0.1) is 5.02 Å². The van der Waals surface area contributed by atoms with Crippen LogP contribution in [0.4, 0.5) is 4.39 Å². The van der Waals surface area contributed by atoms with Gasteiger partial charge in [-0.2, -0.15) is 9.78 Å². The normalized spacial score (nSPS) is 14.2. The van der Waals surface area contributed by atoms with Crippen molar-refractivity contribution < 1.29 is 9.13 Å². The molecule has 1 aromatic heterocycles. The molecule has 1 saturated carbocycles. The second-order valence-electron chi connectivity index (χ2n) is 4.73. The molecule has 21 heavy (non-hydrogen) atoms.